The summed E-state index contributed by atoms with van der Waals surface area (Å²) in [6.07, 6.45) is 0. The van der Waals surface area contributed by atoms with Crippen molar-refractivity contribution >= 4 is 16.5 Å². The van der Waals surface area contributed by atoms with Gasteiger partial charge >= 0.3 is 0 Å². The van der Waals surface area contributed by atoms with E-state index in [1.54, 1.807) is 19.1 Å². The molecule has 3 rings (SSSR count). The van der Waals surface area contributed by atoms with Crippen molar-refractivity contribution in [1.29, 1.82) is 0 Å². The molecule has 7 heteroatoms. The quantitative estimate of drug-likeness (QED) is 0.800. The van der Waals surface area contributed by atoms with Gasteiger partial charge in [-0.05, 0) is 37.0 Å². The molecule has 0 aliphatic heterocycles. The molecule has 3 aromatic rings. The van der Waals surface area contributed by atoms with E-state index in [1.165, 1.54) is 17.6 Å². The number of rotatable bonds is 3. The molecule has 2 aromatic heterocycles. The lowest BCUT2D eigenvalue weighted by molar-refractivity contribution is 0.432. The number of nitrogens with one attached hydrogen (secondary N) is 1. The summed E-state index contributed by atoms with van der Waals surface area (Å²) < 4.78 is 23.2. The van der Waals surface area contributed by atoms with Gasteiger partial charge in [-0.2, -0.15) is 9.36 Å². The predicted molar refractivity (Wildman–Crippen MR) is 79.8 cm³/mol. The maximum atomic E-state index is 13.6. The van der Waals surface area contributed by atoms with Gasteiger partial charge in [-0.25, -0.2) is 4.39 Å². The highest BCUT2D eigenvalue weighted by Crippen LogP contribution is 2.34. The molecule has 0 aliphatic rings. The van der Waals surface area contributed by atoms with Crippen LogP contribution >= 0.6 is 11.5 Å². The molecule has 1 aromatic carbocycles. The first-order valence-electron chi connectivity index (χ1n) is 6.34. The number of aryl methyl sites for hydroxylation is 2. The number of halogens is 1. The van der Waals surface area contributed by atoms with Gasteiger partial charge in [0.15, 0.2) is 0 Å². The molecule has 0 spiro atoms. The van der Waals surface area contributed by atoms with Crippen LogP contribution in [0.4, 0.5) is 9.39 Å². The zero-order chi connectivity index (χ0) is 15.0. The first kappa shape index (κ1) is 13.7. The Bertz CT molecular complexity index is 796. The highest BCUT2D eigenvalue weighted by atomic mass is 32.1. The second kappa shape index (κ2) is 5.25. The van der Waals surface area contributed by atoms with Gasteiger partial charge in [-0.1, -0.05) is 17.3 Å². The van der Waals surface area contributed by atoms with Crippen molar-refractivity contribution in [3.8, 4) is 22.8 Å². The van der Waals surface area contributed by atoms with Crippen molar-refractivity contribution < 1.29 is 8.91 Å². The molecule has 1 N–H and O–H groups in total. The van der Waals surface area contributed by atoms with E-state index < -0.39 is 0 Å². The van der Waals surface area contributed by atoms with Crippen LogP contribution in [0.25, 0.3) is 22.8 Å². The summed E-state index contributed by atoms with van der Waals surface area (Å²) in [5.41, 5.74) is 2.77. The van der Waals surface area contributed by atoms with E-state index in [4.69, 9.17) is 4.52 Å². The minimum absolute atomic E-state index is 0.289. The molecule has 0 atom stereocenters. The number of aromatic nitrogens is 3. The van der Waals surface area contributed by atoms with Crippen molar-refractivity contribution in [3.63, 3.8) is 0 Å². The molecule has 5 nitrogen and oxygen atoms in total. The van der Waals surface area contributed by atoms with Crippen molar-refractivity contribution in [3.05, 3.63) is 35.3 Å². The Kier molecular flexibility index (Phi) is 3.42. The third kappa shape index (κ3) is 2.40. The number of hydrogen-bond acceptors (Lipinski definition) is 6. The van der Waals surface area contributed by atoms with Crippen LogP contribution in [0.5, 0.6) is 0 Å². The maximum Gasteiger partial charge on any atom is 0.263 e. The minimum atomic E-state index is -0.289. The largest absolute Gasteiger partial charge is 0.378 e. The summed E-state index contributed by atoms with van der Waals surface area (Å²) in [5.74, 6) is 0.446. The first-order valence-corrected chi connectivity index (χ1v) is 7.12. The van der Waals surface area contributed by atoms with E-state index in [0.29, 0.717) is 22.8 Å². The van der Waals surface area contributed by atoms with Crippen LogP contribution in [0, 0.1) is 19.7 Å². The van der Waals surface area contributed by atoms with E-state index in [1.807, 2.05) is 14.0 Å². The fourth-order valence-electron chi connectivity index (χ4n) is 1.97. The van der Waals surface area contributed by atoms with Crippen LogP contribution in [0.3, 0.4) is 0 Å². The topological polar surface area (TPSA) is 63.8 Å². The van der Waals surface area contributed by atoms with Crippen molar-refractivity contribution in [1.82, 2.24) is 14.5 Å². The predicted octanol–water partition coefficient (Wildman–Crippen LogP) is 3.66. The van der Waals surface area contributed by atoms with Gasteiger partial charge in [0.1, 0.15) is 10.8 Å². The molecule has 0 saturated carbocycles. The zero-order valence-corrected chi connectivity index (χ0v) is 12.6. The van der Waals surface area contributed by atoms with Crippen molar-refractivity contribution in [2.45, 2.75) is 13.8 Å². The van der Waals surface area contributed by atoms with E-state index in [0.717, 1.165) is 16.3 Å². The molecule has 0 saturated heterocycles. The lowest BCUT2D eigenvalue weighted by Gasteiger charge is -1.98. The fraction of sp³-hybridized carbons (Fsp3) is 0.214. The van der Waals surface area contributed by atoms with Crippen LogP contribution < -0.4 is 5.32 Å². The minimum Gasteiger partial charge on any atom is -0.378 e. The van der Waals surface area contributed by atoms with Crippen LogP contribution in [-0.4, -0.2) is 21.6 Å². The van der Waals surface area contributed by atoms with Gasteiger partial charge in [-0.3, -0.25) is 0 Å². The highest BCUT2D eigenvalue weighted by molar-refractivity contribution is 7.10. The van der Waals surface area contributed by atoms with E-state index >= 15 is 0 Å². The number of anilines is 1. The molecule has 2 heterocycles. The standard InChI is InChI=1S/C14H13FN4OS/c1-7-4-5-9(6-10(7)15)12-17-13(20-18-12)11-8(2)19-21-14(11)16-3/h4-6,16H,1-3H3. The summed E-state index contributed by atoms with van der Waals surface area (Å²) >= 11 is 1.33. The smallest absolute Gasteiger partial charge is 0.263 e. The van der Waals surface area contributed by atoms with Gasteiger partial charge in [0.2, 0.25) is 5.82 Å². The normalized spacial score (nSPS) is 10.9. The van der Waals surface area contributed by atoms with Crippen LogP contribution in [-0.2, 0) is 0 Å². The van der Waals surface area contributed by atoms with Gasteiger partial charge in [0.25, 0.3) is 5.89 Å². The lowest BCUT2D eigenvalue weighted by Crippen LogP contribution is -1.89. The Balaban J connectivity index is 2.03. The molecule has 0 bridgehead atoms. The average Bonchev–Trinajstić information content (AvgIpc) is 3.08. The Hall–Kier alpha value is -2.28. The van der Waals surface area contributed by atoms with E-state index in [2.05, 4.69) is 19.8 Å². The van der Waals surface area contributed by atoms with Crippen LogP contribution in [0.2, 0.25) is 0 Å². The fourth-order valence-corrected chi connectivity index (χ4v) is 2.70. The van der Waals surface area contributed by atoms with Crippen molar-refractivity contribution in [2.24, 2.45) is 0 Å². The Morgan fingerprint density at radius 2 is 2.10 bits per heavy atom. The van der Waals surface area contributed by atoms with Crippen molar-refractivity contribution in [2.75, 3.05) is 12.4 Å². The van der Waals surface area contributed by atoms with Gasteiger partial charge in [0, 0.05) is 12.6 Å². The molecule has 21 heavy (non-hydrogen) atoms. The maximum absolute atomic E-state index is 13.6. The monoisotopic (exact) mass is 304 g/mol. The number of hydrogen-bond donors (Lipinski definition) is 1. The Morgan fingerprint density at radius 1 is 1.29 bits per heavy atom. The van der Waals surface area contributed by atoms with Gasteiger partial charge in [0.05, 0.1) is 11.3 Å². The molecule has 0 aliphatic carbocycles. The summed E-state index contributed by atoms with van der Waals surface area (Å²) in [6, 6.07) is 4.86. The lowest BCUT2D eigenvalue weighted by atomic mass is 10.1. The zero-order valence-electron chi connectivity index (χ0n) is 11.8. The molecule has 108 valence electrons. The summed E-state index contributed by atoms with van der Waals surface area (Å²) in [5, 5.41) is 7.83. The van der Waals surface area contributed by atoms with E-state index in [-0.39, 0.29) is 5.82 Å². The van der Waals surface area contributed by atoms with Gasteiger partial charge in [-0.15, -0.1) is 0 Å². The molecule has 0 radical (unpaired) electrons. The Labute approximate surface area is 125 Å². The molecule has 0 fully saturated rings. The molecular formula is C14H13FN4OS. The second-order valence-electron chi connectivity index (χ2n) is 4.61. The third-order valence-corrected chi connectivity index (χ3v) is 4.12. The highest BCUT2D eigenvalue weighted by Gasteiger charge is 2.19. The summed E-state index contributed by atoms with van der Waals surface area (Å²) in [4.78, 5) is 4.35. The van der Waals surface area contributed by atoms with E-state index in [9.17, 15) is 4.39 Å². The number of nitrogens with zero attached hydrogens (tertiary/aromatic N) is 3. The second-order valence-corrected chi connectivity index (χ2v) is 5.38. The number of benzene rings is 1. The van der Waals surface area contributed by atoms with Gasteiger partial charge < -0.3 is 9.84 Å². The molecule has 0 unspecified atom stereocenters. The summed E-state index contributed by atoms with van der Waals surface area (Å²) in [7, 11) is 1.81. The van der Waals surface area contributed by atoms with Crippen LogP contribution in [0.1, 0.15) is 11.3 Å². The SMILES string of the molecule is CNc1snc(C)c1-c1nc(-c2ccc(C)c(F)c2)no1. The molecular weight excluding hydrogens is 291 g/mol. The summed E-state index contributed by atoms with van der Waals surface area (Å²) in [6.45, 7) is 3.59. The third-order valence-electron chi connectivity index (χ3n) is 3.16. The Morgan fingerprint density at radius 3 is 2.81 bits per heavy atom. The van der Waals surface area contributed by atoms with Crippen LogP contribution in [0.15, 0.2) is 22.7 Å². The first-order chi connectivity index (χ1) is 10.1. The molecule has 0 amide bonds. The average molecular weight is 304 g/mol.